The van der Waals surface area contributed by atoms with Crippen molar-refractivity contribution in [3.8, 4) is 0 Å². The van der Waals surface area contributed by atoms with Gasteiger partial charge in [0.1, 0.15) is 18.5 Å². The lowest BCUT2D eigenvalue weighted by atomic mass is 10.1. The van der Waals surface area contributed by atoms with E-state index in [2.05, 4.69) is 29.2 Å². The van der Waals surface area contributed by atoms with Gasteiger partial charge >= 0.3 is 0 Å². The molecular formula is C15H21FN4. The minimum Gasteiger partial charge on any atom is -0.310 e. The molecule has 0 radical (unpaired) electrons. The van der Waals surface area contributed by atoms with E-state index in [0.717, 1.165) is 24.9 Å². The summed E-state index contributed by atoms with van der Waals surface area (Å²) < 4.78 is 15.3. The molecule has 0 aliphatic heterocycles. The first kappa shape index (κ1) is 14.7. The number of nitrogens with one attached hydrogen (secondary N) is 1. The molecule has 0 saturated carbocycles. The highest BCUT2D eigenvalue weighted by Gasteiger charge is 2.09. The van der Waals surface area contributed by atoms with Gasteiger partial charge in [0.05, 0.1) is 6.54 Å². The Balaban J connectivity index is 1.75. The van der Waals surface area contributed by atoms with Gasteiger partial charge < -0.3 is 5.32 Å². The summed E-state index contributed by atoms with van der Waals surface area (Å²) in [5.41, 5.74) is 0.782. The van der Waals surface area contributed by atoms with Crippen LogP contribution in [0.5, 0.6) is 0 Å². The molecule has 0 aliphatic carbocycles. The van der Waals surface area contributed by atoms with Gasteiger partial charge in [-0.2, -0.15) is 5.10 Å². The molecule has 5 heteroatoms. The molecule has 0 spiro atoms. The highest BCUT2D eigenvalue weighted by atomic mass is 19.1. The van der Waals surface area contributed by atoms with E-state index in [-0.39, 0.29) is 5.82 Å². The van der Waals surface area contributed by atoms with Crippen molar-refractivity contribution in [2.45, 2.75) is 45.3 Å². The predicted molar refractivity (Wildman–Crippen MR) is 76.8 cm³/mol. The van der Waals surface area contributed by atoms with E-state index in [1.807, 2.05) is 12.1 Å². The van der Waals surface area contributed by atoms with Crippen LogP contribution < -0.4 is 5.32 Å². The van der Waals surface area contributed by atoms with Crippen LogP contribution in [-0.2, 0) is 13.0 Å². The molecule has 0 amide bonds. The van der Waals surface area contributed by atoms with Gasteiger partial charge in [-0.05, 0) is 38.3 Å². The van der Waals surface area contributed by atoms with Crippen LogP contribution in [0.2, 0.25) is 0 Å². The van der Waals surface area contributed by atoms with Crippen LogP contribution in [0, 0.1) is 5.82 Å². The van der Waals surface area contributed by atoms with Crippen LogP contribution in [0.25, 0.3) is 0 Å². The molecule has 1 N–H and O–H groups in total. The summed E-state index contributed by atoms with van der Waals surface area (Å²) in [4.78, 5) is 3.92. The Bertz CT molecular complexity index is 512. The fourth-order valence-electron chi connectivity index (χ4n) is 2.30. The minimum atomic E-state index is -0.115. The van der Waals surface area contributed by atoms with E-state index < -0.39 is 0 Å². The van der Waals surface area contributed by atoms with Crippen LogP contribution in [0.15, 0.2) is 36.9 Å². The molecule has 4 nitrogen and oxygen atoms in total. The summed E-state index contributed by atoms with van der Waals surface area (Å²) in [5.74, 6) is -0.115. The van der Waals surface area contributed by atoms with Gasteiger partial charge in [-0.25, -0.2) is 9.37 Å². The Kier molecular flexibility index (Phi) is 5.24. The molecule has 2 atom stereocenters. The standard InChI is InChI=1S/C15H21FN4/c1-12(7-8-14-5-3-4-6-15(14)16)19-13(2)9-20-11-17-10-18-20/h3-6,10-13,19H,7-9H2,1-2H3/t12-,13+/m1/s1. The molecule has 1 aromatic carbocycles. The van der Waals surface area contributed by atoms with Crippen LogP contribution in [0.3, 0.4) is 0 Å². The number of nitrogens with zero attached hydrogens (tertiary/aromatic N) is 3. The number of rotatable bonds is 7. The third-order valence-corrected chi connectivity index (χ3v) is 3.30. The zero-order valence-electron chi connectivity index (χ0n) is 12.0. The van der Waals surface area contributed by atoms with Crippen LogP contribution >= 0.6 is 0 Å². The summed E-state index contributed by atoms with van der Waals surface area (Å²) in [7, 11) is 0. The lowest BCUT2D eigenvalue weighted by molar-refractivity contribution is 0.393. The van der Waals surface area contributed by atoms with Crippen molar-refractivity contribution in [1.29, 1.82) is 0 Å². The smallest absolute Gasteiger partial charge is 0.137 e. The normalized spacial score (nSPS) is 14.2. The van der Waals surface area contributed by atoms with Gasteiger partial charge in [0.15, 0.2) is 0 Å². The van der Waals surface area contributed by atoms with Crippen LogP contribution in [-0.4, -0.2) is 26.8 Å². The van der Waals surface area contributed by atoms with Gasteiger partial charge in [0, 0.05) is 12.1 Å². The second kappa shape index (κ2) is 7.14. The van der Waals surface area contributed by atoms with E-state index in [1.165, 1.54) is 12.4 Å². The van der Waals surface area contributed by atoms with Crippen molar-refractivity contribution >= 4 is 0 Å². The van der Waals surface area contributed by atoms with Gasteiger partial charge in [-0.3, -0.25) is 4.68 Å². The summed E-state index contributed by atoms with van der Waals surface area (Å²) in [5, 5.41) is 7.58. The number of aryl methyl sites for hydroxylation is 1. The summed E-state index contributed by atoms with van der Waals surface area (Å²) in [6.45, 7) is 5.02. The molecule has 1 aromatic heterocycles. The first-order chi connectivity index (χ1) is 9.65. The van der Waals surface area contributed by atoms with E-state index in [4.69, 9.17) is 0 Å². The van der Waals surface area contributed by atoms with Gasteiger partial charge in [-0.15, -0.1) is 0 Å². The maximum absolute atomic E-state index is 13.5. The highest BCUT2D eigenvalue weighted by Crippen LogP contribution is 2.10. The Morgan fingerprint density at radius 3 is 2.75 bits per heavy atom. The topological polar surface area (TPSA) is 42.7 Å². The molecule has 2 rings (SSSR count). The van der Waals surface area contributed by atoms with Crippen molar-refractivity contribution in [2.75, 3.05) is 0 Å². The Morgan fingerprint density at radius 2 is 2.05 bits per heavy atom. The number of hydrogen-bond donors (Lipinski definition) is 1. The first-order valence-electron chi connectivity index (χ1n) is 6.97. The third kappa shape index (κ3) is 4.42. The zero-order valence-corrected chi connectivity index (χ0v) is 12.0. The monoisotopic (exact) mass is 276 g/mol. The fraction of sp³-hybridized carbons (Fsp3) is 0.467. The maximum atomic E-state index is 13.5. The SMILES string of the molecule is C[C@H](CCc1ccccc1F)N[C@@H](C)Cn1cncn1. The van der Waals surface area contributed by atoms with Gasteiger partial charge in [0.25, 0.3) is 0 Å². The average molecular weight is 276 g/mol. The number of aromatic nitrogens is 3. The lowest BCUT2D eigenvalue weighted by Crippen LogP contribution is -2.37. The summed E-state index contributed by atoms with van der Waals surface area (Å²) in [6, 6.07) is 7.59. The third-order valence-electron chi connectivity index (χ3n) is 3.30. The second-order valence-electron chi connectivity index (χ2n) is 5.22. The Hall–Kier alpha value is -1.75. The summed E-state index contributed by atoms with van der Waals surface area (Å²) >= 11 is 0. The number of halogens is 1. The Labute approximate surface area is 119 Å². The van der Waals surface area contributed by atoms with E-state index in [0.29, 0.717) is 12.1 Å². The average Bonchev–Trinajstić information content (AvgIpc) is 2.90. The largest absolute Gasteiger partial charge is 0.310 e. The fourth-order valence-corrected chi connectivity index (χ4v) is 2.30. The van der Waals surface area contributed by atoms with Crippen molar-refractivity contribution in [2.24, 2.45) is 0 Å². The van der Waals surface area contributed by atoms with Crippen molar-refractivity contribution in [3.63, 3.8) is 0 Å². The van der Waals surface area contributed by atoms with E-state index >= 15 is 0 Å². The molecule has 20 heavy (non-hydrogen) atoms. The molecule has 2 aromatic rings. The van der Waals surface area contributed by atoms with E-state index in [1.54, 1.807) is 17.1 Å². The van der Waals surface area contributed by atoms with Crippen LogP contribution in [0.1, 0.15) is 25.8 Å². The lowest BCUT2D eigenvalue weighted by Gasteiger charge is -2.20. The maximum Gasteiger partial charge on any atom is 0.137 e. The predicted octanol–water partition coefficient (Wildman–Crippen LogP) is 2.42. The molecule has 108 valence electrons. The molecular weight excluding hydrogens is 255 g/mol. The molecule has 0 bridgehead atoms. The minimum absolute atomic E-state index is 0.115. The van der Waals surface area contributed by atoms with Crippen molar-refractivity contribution in [1.82, 2.24) is 20.1 Å². The molecule has 0 fully saturated rings. The first-order valence-corrected chi connectivity index (χ1v) is 6.97. The second-order valence-corrected chi connectivity index (χ2v) is 5.22. The van der Waals surface area contributed by atoms with Gasteiger partial charge in [0.2, 0.25) is 0 Å². The quantitative estimate of drug-likeness (QED) is 0.844. The van der Waals surface area contributed by atoms with Crippen molar-refractivity contribution in [3.05, 3.63) is 48.3 Å². The molecule has 1 heterocycles. The van der Waals surface area contributed by atoms with Crippen molar-refractivity contribution < 1.29 is 4.39 Å². The molecule has 0 saturated heterocycles. The molecule has 0 unspecified atom stereocenters. The van der Waals surface area contributed by atoms with Crippen LogP contribution in [0.4, 0.5) is 4.39 Å². The molecule has 0 aliphatic rings. The van der Waals surface area contributed by atoms with E-state index in [9.17, 15) is 4.39 Å². The van der Waals surface area contributed by atoms with Gasteiger partial charge in [-0.1, -0.05) is 18.2 Å². The number of benzene rings is 1. The number of hydrogen-bond acceptors (Lipinski definition) is 3. The zero-order chi connectivity index (χ0) is 14.4. The highest BCUT2D eigenvalue weighted by molar-refractivity contribution is 5.17. The Morgan fingerprint density at radius 1 is 1.25 bits per heavy atom. The summed E-state index contributed by atoms with van der Waals surface area (Å²) in [6.07, 6.45) is 4.90.